The Morgan fingerprint density at radius 2 is 2.23 bits per heavy atom. The fraction of sp³-hybridized carbons (Fsp3) is 0.647. The normalized spacial score (nSPS) is 23.0. The summed E-state index contributed by atoms with van der Waals surface area (Å²) in [6.45, 7) is 5.90. The molecule has 0 spiro atoms. The van der Waals surface area contributed by atoms with E-state index in [0.29, 0.717) is 11.5 Å². The molecule has 120 valence electrons. The molecule has 5 heteroatoms. The number of likely N-dealkylation sites (tertiary alicyclic amines) is 1. The molecule has 2 saturated heterocycles. The number of ether oxygens (including phenoxy) is 2. The topological polar surface area (TPSA) is 51.7 Å². The molecule has 0 aromatic carbocycles. The second kappa shape index (κ2) is 7.20. The van der Waals surface area contributed by atoms with Crippen LogP contribution in [0.5, 0.6) is 0 Å². The van der Waals surface area contributed by atoms with Crippen LogP contribution >= 0.6 is 0 Å². The Balaban J connectivity index is 1.47. The van der Waals surface area contributed by atoms with Gasteiger partial charge in [0.2, 0.25) is 0 Å². The first-order chi connectivity index (χ1) is 10.7. The lowest BCUT2D eigenvalue weighted by molar-refractivity contribution is -0.00795. The van der Waals surface area contributed by atoms with Crippen molar-refractivity contribution < 1.29 is 14.3 Å². The second-order valence-electron chi connectivity index (χ2n) is 6.19. The van der Waals surface area contributed by atoms with Gasteiger partial charge in [0, 0.05) is 37.5 Å². The van der Waals surface area contributed by atoms with E-state index in [0.717, 1.165) is 57.9 Å². The van der Waals surface area contributed by atoms with Gasteiger partial charge in [-0.3, -0.25) is 9.78 Å². The molecule has 3 rings (SSSR count). The molecule has 0 N–H and O–H groups in total. The number of aryl methyl sites for hydroxylation is 1. The highest BCUT2D eigenvalue weighted by Gasteiger charge is 2.26. The number of rotatable bonds is 4. The van der Waals surface area contributed by atoms with Crippen LogP contribution in [0.25, 0.3) is 0 Å². The van der Waals surface area contributed by atoms with Crippen LogP contribution in [-0.4, -0.2) is 54.8 Å². The van der Waals surface area contributed by atoms with Crippen LogP contribution in [0.15, 0.2) is 18.3 Å². The summed E-state index contributed by atoms with van der Waals surface area (Å²) in [5, 5.41) is 0. The summed E-state index contributed by atoms with van der Waals surface area (Å²) in [7, 11) is 0. The first-order valence-electron chi connectivity index (χ1n) is 8.14. The number of carbonyl (C=O) groups excluding carboxylic acids is 1. The average Bonchev–Trinajstić information content (AvgIpc) is 3.07. The predicted octanol–water partition coefficient (Wildman–Crippen LogP) is 2.05. The summed E-state index contributed by atoms with van der Waals surface area (Å²) >= 11 is 0. The van der Waals surface area contributed by atoms with E-state index in [-0.39, 0.29) is 12.0 Å². The summed E-state index contributed by atoms with van der Waals surface area (Å²) in [4.78, 5) is 18.6. The SMILES string of the molecule is Cc1ncccc1C(=O)N1CCC(OC[C@H]2CCOC2)CC1. The Morgan fingerprint density at radius 1 is 1.41 bits per heavy atom. The maximum absolute atomic E-state index is 12.5. The minimum atomic E-state index is 0.0910. The first kappa shape index (κ1) is 15.4. The number of aromatic nitrogens is 1. The summed E-state index contributed by atoms with van der Waals surface area (Å²) in [6, 6.07) is 3.67. The zero-order chi connectivity index (χ0) is 15.4. The minimum Gasteiger partial charge on any atom is -0.381 e. The second-order valence-corrected chi connectivity index (χ2v) is 6.19. The van der Waals surface area contributed by atoms with Crippen molar-refractivity contribution in [2.24, 2.45) is 5.92 Å². The lowest BCUT2D eigenvalue weighted by Crippen LogP contribution is -2.41. The van der Waals surface area contributed by atoms with Gasteiger partial charge in [-0.05, 0) is 38.3 Å². The van der Waals surface area contributed by atoms with Crippen molar-refractivity contribution in [2.75, 3.05) is 32.9 Å². The molecule has 1 amide bonds. The fourth-order valence-electron chi connectivity index (χ4n) is 3.09. The standard InChI is InChI=1S/C17H24N2O3/c1-13-16(3-2-7-18-13)17(20)19-8-4-15(5-9-19)22-12-14-6-10-21-11-14/h2-3,7,14-15H,4-6,8-12H2,1H3/t14-/m0/s1. The van der Waals surface area contributed by atoms with Crippen LogP contribution < -0.4 is 0 Å². The highest BCUT2D eigenvalue weighted by molar-refractivity contribution is 5.95. The summed E-state index contributed by atoms with van der Waals surface area (Å²) in [6.07, 6.45) is 4.94. The molecular formula is C17H24N2O3. The molecule has 2 aliphatic heterocycles. The number of nitrogens with zero attached hydrogens (tertiary/aromatic N) is 2. The number of carbonyl (C=O) groups is 1. The fourth-order valence-corrected chi connectivity index (χ4v) is 3.09. The van der Waals surface area contributed by atoms with Crippen molar-refractivity contribution in [1.29, 1.82) is 0 Å². The third-order valence-electron chi connectivity index (χ3n) is 4.56. The summed E-state index contributed by atoms with van der Waals surface area (Å²) < 4.78 is 11.4. The van der Waals surface area contributed by atoms with Gasteiger partial charge < -0.3 is 14.4 Å². The summed E-state index contributed by atoms with van der Waals surface area (Å²) in [5.41, 5.74) is 1.51. The van der Waals surface area contributed by atoms with E-state index in [1.165, 1.54) is 0 Å². The lowest BCUT2D eigenvalue weighted by atomic mass is 10.1. The Labute approximate surface area is 131 Å². The molecule has 22 heavy (non-hydrogen) atoms. The van der Waals surface area contributed by atoms with E-state index in [2.05, 4.69) is 4.98 Å². The molecule has 2 aliphatic rings. The van der Waals surface area contributed by atoms with Crippen molar-refractivity contribution >= 4 is 5.91 Å². The summed E-state index contributed by atoms with van der Waals surface area (Å²) in [5.74, 6) is 0.644. The van der Waals surface area contributed by atoms with Crippen LogP contribution in [-0.2, 0) is 9.47 Å². The molecule has 0 aliphatic carbocycles. The van der Waals surface area contributed by atoms with Crippen LogP contribution in [0, 0.1) is 12.8 Å². The Hall–Kier alpha value is -1.46. The number of pyridine rings is 1. The number of amides is 1. The number of piperidine rings is 1. The molecule has 5 nitrogen and oxygen atoms in total. The average molecular weight is 304 g/mol. The monoisotopic (exact) mass is 304 g/mol. The third-order valence-corrected chi connectivity index (χ3v) is 4.56. The zero-order valence-corrected chi connectivity index (χ0v) is 13.2. The van der Waals surface area contributed by atoms with Gasteiger partial charge in [0.1, 0.15) is 0 Å². The van der Waals surface area contributed by atoms with Gasteiger partial charge in [-0.2, -0.15) is 0 Å². The van der Waals surface area contributed by atoms with Crippen molar-refractivity contribution in [3.63, 3.8) is 0 Å². The van der Waals surface area contributed by atoms with Crippen LogP contribution in [0.1, 0.15) is 35.3 Å². The lowest BCUT2D eigenvalue weighted by Gasteiger charge is -2.32. The maximum Gasteiger partial charge on any atom is 0.255 e. The Kier molecular flexibility index (Phi) is 5.05. The molecule has 3 heterocycles. The third kappa shape index (κ3) is 3.65. The van der Waals surface area contributed by atoms with Crippen molar-refractivity contribution in [1.82, 2.24) is 9.88 Å². The Morgan fingerprint density at radius 3 is 2.91 bits per heavy atom. The minimum absolute atomic E-state index is 0.0910. The van der Waals surface area contributed by atoms with Crippen LogP contribution in [0.2, 0.25) is 0 Å². The molecule has 2 fully saturated rings. The number of hydrogen-bond donors (Lipinski definition) is 0. The van der Waals surface area contributed by atoms with Crippen molar-refractivity contribution in [3.8, 4) is 0 Å². The zero-order valence-electron chi connectivity index (χ0n) is 13.2. The van der Waals surface area contributed by atoms with Gasteiger partial charge in [0.05, 0.1) is 24.9 Å². The van der Waals surface area contributed by atoms with Crippen molar-refractivity contribution in [3.05, 3.63) is 29.6 Å². The molecule has 0 radical (unpaired) electrons. The van der Waals surface area contributed by atoms with E-state index >= 15 is 0 Å². The van der Waals surface area contributed by atoms with Crippen LogP contribution in [0.4, 0.5) is 0 Å². The molecule has 1 aromatic rings. The molecule has 0 saturated carbocycles. The van der Waals surface area contributed by atoms with E-state index in [1.807, 2.05) is 24.0 Å². The number of hydrogen-bond acceptors (Lipinski definition) is 4. The van der Waals surface area contributed by atoms with E-state index in [4.69, 9.17) is 9.47 Å². The van der Waals surface area contributed by atoms with E-state index < -0.39 is 0 Å². The van der Waals surface area contributed by atoms with E-state index in [9.17, 15) is 4.79 Å². The molecule has 1 aromatic heterocycles. The van der Waals surface area contributed by atoms with Gasteiger partial charge in [0.25, 0.3) is 5.91 Å². The van der Waals surface area contributed by atoms with Gasteiger partial charge in [-0.1, -0.05) is 0 Å². The predicted molar refractivity (Wildman–Crippen MR) is 82.8 cm³/mol. The smallest absolute Gasteiger partial charge is 0.255 e. The highest BCUT2D eigenvalue weighted by Crippen LogP contribution is 2.20. The molecular weight excluding hydrogens is 280 g/mol. The van der Waals surface area contributed by atoms with Gasteiger partial charge in [-0.15, -0.1) is 0 Å². The maximum atomic E-state index is 12.5. The first-order valence-corrected chi connectivity index (χ1v) is 8.14. The van der Waals surface area contributed by atoms with Crippen LogP contribution in [0.3, 0.4) is 0 Å². The quantitative estimate of drug-likeness (QED) is 0.854. The molecule has 1 atom stereocenters. The highest BCUT2D eigenvalue weighted by atomic mass is 16.5. The van der Waals surface area contributed by atoms with E-state index in [1.54, 1.807) is 6.20 Å². The molecule has 0 bridgehead atoms. The van der Waals surface area contributed by atoms with Gasteiger partial charge in [0.15, 0.2) is 0 Å². The van der Waals surface area contributed by atoms with Gasteiger partial charge in [-0.25, -0.2) is 0 Å². The van der Waals surface area contributed by atoms with Crippen molar-refractivity contribution in [2.45, 2.75) is 32.3 Å². The largest absolute Gasteiger partial charge is 0.381 e. The van der Waals surface area contributed by atoms with Gasteiger partial charge >= 0.3 is 0 Å². The Bertz CT molecular complexity index is 506. The molecule has 0 unspecified atom stereocenters.